The molecule has 96 valence electrons. The van der Waals surface area contributed by atoms with Gasteiger partial charge in [-0.1, -0.05) is 0 Å². The molecule has 18 heavy (non-hydrogen) atoms. The van der Waals surface area contributed by atoms with Crippen LogP contribution >= 0.6 is 0 Å². The van der Waals surface area contributed by atoms with E-state index in [-0.39, 0.29) is 11.9 Å². The quantitative estimate of drug-likeness (QED) is 0.600. The van der Waals surface area contributed by atoms with Gasteiger partial charge in [-0.15, -0.1) is 0 Å². The maximum Gasteiger partial charge on any atom is 0.257 e. The molecule has 0 fully saturated rings. The highest BCUT2D eigenvalue weighted by molar-refractivity contribution is 5.98. The molecule has 0 unspecified atom stereocenters. The van der Waals surface area contributed by atoms with Crippen molar-refractivity contribution in [3.05, 3.63) is 23.9 Å². The number of amides is 1. The maximum atomic E-state index is 12.4. The molecular formula is C12H17N5O. The number of hydrogen-bond acceptors (Lipinski definition) is 5. The van der Waals surface area contributed by atoms with Gasteiger partial charge in [0.1, 0.15) is 0 Å². The van der Waals surface area contributed by atoms with Crippen molar-refractivity contribution in [2.45, 2.75) is 26.3 Å². The predicted molar refractivity (Wildman–Crippen MR) is 68.4 cm³/mol. The predicted octanol–water partition coefficient (Wildman–Crippen LogP) is 1.13. The number of aromatic nitrogens is 1. The lowest BCUT2D eigenvalue weighted by atomic mass is 10.2. The van der Waals surface area contributed by atoms with Crippen molar-refractivity contribution in [1.82, 2.24) is 9.88 Å². The summed E-state index contributed by atoms with van der Waals surface area (Å²) in [5.74, 6) is 5.49. The third-order valence-corrected chi connectivity index (χ3v) is 2.52. The normalized spacial score (nSPS) is 9.94. The fourth-order valence-electron chi connectivity index (χ4n) is 1.61. The van der Waals surface area contributed by atoms with Crippen molar-refractivity contribution in [2.75, 3.05) is 12.0 Å². The molecule has 0 aliphatic rings. The van der Waals surface area contributed by atoms with Crippen molar-refractivity contribution in [3.63, 3.8) is 0 Å². The molecule has 6 heteroatoms. The molecule has 0 aliphatic carbocycles. The Bertz CT molecular complexity index is 452. The largest absolute Gasteiger partial charge is 0.335 e. The zero-order valence-electron chi connectivity index (χ0n) is 10.6. The van der Waals surface area contributed by atoms with Crippen LogP contribution < -0.4 is 11.3 Å². The number of carbonyl (C=O) groups is 1. The van der Waals surface area contributed by atoms with Gasteiger partial charge in [0, 0.05) is 18.8 Å². The van der Waals surface area contributed by atoms with Crippen LogP contribution in [0.2, 0.25) is 0 Å². The molecule has 0 bridgehead atoms. The second kappa shape index (κ2) is 6.57. The van der Waals surface area contributed by atoms with E-state index in [1.807, 2.05) is 19.9 Å². The van der Waals surface area contributed by atoms with Crippen molar-refractivity contribution in [2.24, 2.45) is 5.84 Å². The van der Waals surface area contributed by atoms with Crippen LogP contribution in [0, 0.1) is 11.3 Å². The molecule has 0 aliphatic heterocycles. The molecular weight excluding hydrogens is 230 g/mol. The standard InChI is InChI=1S/C12H17N5O/c1-9(2)17(8-4-6-13)12(18)10-5-3-7-15-11(10)16-14/h3,5,7,9H,4,8,14H2,1-2H3,(H,15,16). The average molecular weight is 247 g/mol. The number of nitrogen functional groups attached to an aromatic ring is 1. The number of nitrogens with zero attached hydrogens (tertiary/aromatic N) is 3. The van der Waals surface area contributed by atoms with Crippen LogP contribution in [0.15, 0.2) is 18.3 Å². The minimum atomic E-state index is -0.179. The van der Waals surface area contributed by atoms with E-state index in [0.29, 0.717) is 24.3 Å². The number of rotatable bonds is 5. The van der Waals surface area contributed by atoms with E-state index in [9.17, 15) is 4.79 Å². The van der Waals surface area contributed by atoms with Gasteiger partial charge in [-0.05, 0) is 26.0 Å². The molecule has 0 radical (unpaired) electrons. The number of pyridine rings is 1. The van der Waals surface area contributed by atoms with Crippen LogP contribution in [0.3, 0.4) is 0 Å². The van der Waals surface area contributed by atoms with Crippen molar-refractivity contribution < 1.29 is 4.79 Å². The zero-order valence-corrected chi connectivity index (χ0v) is 10.6. The number of nitriles is 1. The Balaban J connectivity index is 2.99. The van der Waals surface area contributed by atoms with E-state index in [4.69, 9.17) is 11.1 Å². The molecule has 1 aromatic rings. The van der Waals surface area contributed by atoms with Crippen LogP contribution in [-0.4, -0.2) is 28.4 Å². The van der Waals surface area contributed by atoms with Crippen molar-refractivity contribution in [3.8, 4) is 6.07 Å². The fourth-order valence-corrected chi connectivity index (χ4v) is 1.61. The van der Waals surface area contributed by atoms with Crippen LogP contribution in [-0.2, 0) is 0 Å². The Kier molecular flexibility index (Phi) is 5.08. The summed E-state index contributed by atoms with van der Waals surface area (Å²) in [5.41, 5.74) is 2.81. The highest BCUT2D eigenvalue weighted by Crippen LogP contribution is 2.15. The molecule has 0 spiro atoms. The van der Waals surface area contributed by atoms with E-state index < -0.39 is 0 Å². The second-order valence-corrected chi connectivity index (χ2v) is 4.04. The minimum absolute atomic E-state index is 0.0108. The first kappa shape index (κ1) is 13.9. The lowest BCUT2D eigenvalue weighted by Crippen LogP contribution is -2.38. The molecule has 0 aromatic carbocycles. The van der Waals surface area contributed by atoms with E-state index in [2.05, 4.69) is 10.4 Å². The minimum Gasteiger partial charge on any atom is -0.335 e. The monoisotopic (exact) mass is 247 g/mol. The summed E-state index contributed by atoms with van der Waals surface area (Å²) in [7, 11) is 0. The molecule has 0 atom stereocenters. The summed E-state index contributed by atoms with van der Waals surface area (Å²) >= 11 is 0. The van der Waals surface area contributed by atoms with E-state index in [1.54, 1.807) is 23.2 Å². The van der Waals surface area contributed by atoms with Gasteiger partial charge in [0.05, 0.1) is 18.1 Å². The highest BCUT2D eigenvalue weighted by atomic mass is 16.2. The van der Waals surface area contributed by atoms with Crippen LogP contribution in [0.1, 0.15) is 30.6 Å². The second-order valence-electron chi connectivity index (χ2n) is 4.04. The smallest absolute Gasteiger partial charge is 0.257 e. The summed E-state index contributed by atoms with van der Waals surface area (Å²) in [6.07, 6.45) is 1.86. The van der Waals surface area contributed by atoms with Crippen LogP contribution in [0.25, 0.3) is 0 Å². The molecule has 0 saturated carbocycles. The molecule has 1 rings (SSSR count). The SMILES string of the molecule is CC(C)N(CCC#N)C(=O)c1cccnc1NN. The van der Waals surface area contributed by atoms with Crippen LogP contribution in [0.5, 0.6) is 0 Å². The molecule has 6 nitrogen and oxygen atoms in total. The summed E-state index contributed by atoms with van der Waals surface area (Å²) < 4.78 is 0. The van der Waals surface area contributed by atoms with Gasteiger partial charge in [-0.2, -0.15) is 5.26 Å². The van der Waals surface area contributed by atoms with Gasteiger partial charge in [0.2, 0.25) is 0 Å². The molecule has 3 N–H and O–H groups in total. The first-order valence-electron chi connectivity index (χ1n) is 5.71. The van der Waals surface area contributed by atoms with Crippen molar-refractivity contribution in [1.29, 1.82) is 5.26 Å². The topological polar surface area (TPSA) is 95.0 Å². The Morgan fingerprint density at radius 1 is 1.67 bits per heavy atom. The fraction of sp³-hybridized carbons (Fsp3) is 0.417. The number of hydrazine groups is 1. The van der Waals surface area contributed by atoms with E-state index in [0.717, 1.165) is 0 Å². The van der Waals surface area contributed by atoms with Gasteiger partial charge in [-0.3, -0.25) is 4.79 Å². The Labute approximate surface area is 106 Å². The average Bonchev–Trinajstić information content (AvgIpc) is 2.38. The highest BCUT2D eigenvalue weighted by Gasteiger charge is 2.21. The Hall–Kier alpha value is -2.13. The number of carbonyl (C=O) groups excluding carboxylic acids is 1. The molecule has 1 heterocycles. The van der Waals surface area contributed by atoms with Gasteiger partial charge < -0.3 is 10.3 Å². The third-order valence-electron chi connectivity index (χ3n) is 2.52. The summed E-state index contributed by atoms with van der Waals surface area (Å²) in [4.78, 5) is 18.0. The first-order valence-corrected chi connectivity index (χ1v) is 5.71. The Morgan fingerprint density at radius 3 is 2.94 bits per heavy atom. The van der Waals surface area contributed by atoms with Gasteiger partial charge >= 0.3 is 0 Å². The van der Waals surface area contributed by atoms with Gasteiger partial charge in [0.25, 0.3) is 5.91 Å². The number of nitrogens with one attached hydrogen (secondary N) is 1. The van der Waals surface area contributed by atoms with Gasteiger partial charge in [0.15, 0.2) is 5.82 Å². The zero-order chi connectivity index (χ0) is 13.5. The Morgan fingerprint density at radius 2 is 2.39 bits per heavy atom. The number of nitrogens with two attached hydrogens (primary N) is 1. The molecule has 1 amide bonds. The summed E-state index contributed by atoms with van der Waals surface area (Å²) in [6, 6.07) is 5.39. The summed E-state index contributed by atoms with van der Waals surface area (Å²) in [5, 5.41) is 8.62. The number of anilines is 1. The van der Waals surface area contributed by atoms with E-state index >= 15 is 0 Å². The van der Waals surface area contributed by atoms with Crippen molar-refractivity contribution >= 4 is 11.7 Å². The lowest BCUT2D eigenvalue weighted by molar-refractivity contribution is 0.0711. The van der Waals surface area contributed by atoms with E-state index in [1.165, 1.54) is 0 Å². The molecule has 1 aromatic heterocycles. The maximum absolute atomic E-state index is 12.4. The summed E-state index contributed by atoms with van der Waals surface area (Å²) in [6.45, 7) is 4.20. The lowest BCUT2D eigenvalue weighted by Gasteiger charge is -2.26. The number of hydrogen-bond donors (Lipinski definition) is 2. The molecule has 0 saturated heterocycles. The van der Waals surface area contributed by atoms with Crippen LogP contribution in [0.4, 0.5) is 5.82 Å². The first-order chi connectivity index (χ1) is 8.61. The third kappa shape index (κ3) is 3.18. The van der Waals surface area contributed by atoms with Gasteiger partial charge in [-0.25, -0.2) is 10.8 Å².